The number of amides is 2. The minimum atomic E-state index is -0.722. The fourth-order valence-corrected chi connectivity index (χ4v) is 3.15. The molecule has 2 aromatic rings. The summed E-state index contributed by atoms with van der Waals surface area (Å²) in [6, 6.07) is 6.48. The molecular formula is C18H20N4O5S. The van der Waals surface area contributed by atoms with Crippen LogP contribution in [0, 0.1) is 0 Å². The van der Waals surface area contributed by atoms with Crippen molar-refractivity contribution in [3.05, 3.63) is 40.2 Å². The molecule has 28 heavy (non-hydrogen) atoms. The summed E-state index contributed by atoms with van der Waals surface area (Å²) in [7, 11) is 0. The molecule has 0 radical (unpaired) electrons. The Labute approximate surface area is 165 Å². The molecule has 0 aliphatic carbocycles. The molecule has 1 aromatic carbocycles. The molecule has 2 amide bonds. The fourth-order valence-electron chi connectivity index (χ4n) is 2.25. The van der Waals surface area contributed by atoms with E-state index in [0.29, 0.717) is 17.7 Å². The van der Waals surface area contributed by atoms with Crippen LogP contribution in [0.3, 0.4) is 0 Å². The minimum absolute atomic E-state index is 0.0468. The zero-order valence-electron chi connectivity index (χ0n) is 15.5. The van der Waals surface area contributed by atoms with Gasteiger partial charge in [-0.15, -0.1) is 0 Å². The Morgan fingerprint density at radius 1 is 1.18 bits per heavy atom. The zero-order valence-corrected chi connectivity index (χ0v) is 16.3. The average Bonchev–Trinajstić information content (AvgIpc) is 2.63. The molecule has 0 spiro atoms. The number of ketones is 1. The normalized spacial score (nSPS) is 11.5. The Morgan fingerprint density at radius 3 is 2.32 bits per heavy atom. The number of H-pyrrole nitrogens is 1. The van der Waals surface area contributed by atoms with E-state index < -0.39 is 22.6 Å². The quantitative estimate of drug-likeness (QED) is 0.315. The van der Waals surface area contributed by atoms with E-state index in [1.807, 2.05) is 0 Å². The van der Waals surface area contributed by atoms with E-state index in [4.69, 9.17) is 0 Å². The van der Waals surface area contributed by atoms with Crippen LogP contribution in [0.15, 0.2) is 34.2 Å². The van der Waals surface area contributed by atoms with Crippen LogP contribution in [0.25, 0.3) is 0 Å². The van der Waals surface area contributed by atoms with Gasteiger partial charge in [-0.1, -0.05) is 18.7 Å². The highest BCUT2D eigenvalue weighted by molar-refractivity contribution is 8.00. The Morgan fingerprint density at radius 2 is 1.82 bits per heavy atom. The van der Waals surface area contributed by atoms with Crippen LogP contribution in [0.1, 0.15) is 37.6 Å². The maximum absolute atomic E-state index is 12.5. The second kappa shape index (κ2) is 9.18. The predicted octanol–water partition coefficient (Wildman–Crippen LogP) is 2.15. The highest BCUT2D eigenvalue weighted by atomic mass is 32.2. The zero-order chi connectivity index (χ0) is 20.8. The lowest BCUT2D eigenvalue weighted by Gasteiger charge is -2.14. The van der Waals surface area contributed by atoms with Gasteiger partial charge in [0.25, 0.3) is 5.56 Å². The van der Waals surface area contributed by atoms with Gasteiger partial charge in [0.15, 0.2) is 16.6 Å². The van der Waals surface area contributed by atoms with Crippen LogP contribution in [0.4, 0.5) is 11.4 Å². The number of aromatic hydroxyl groups is 1. The maximum atomic E-state index is 12.5. The van der Waals surface area contributed by atoms with Crippen molar-refractivity contribution in [3.8, 4) is 5.88 Å². The van der Waals surface area contributed by atoms with Crippen LogP contribution in [-0.2, 0) is 9.59 Å². The average molecular weight is 404 g/mol. The molecule has 1 atom stereocenters. The summed E-state index contributed by atoms with van der Waals surface area (Å²) in [6.07, 6.45) is 0.431. The minimum Gasteiger partial charge on any atom is -0.492 e. The molecular weight excluding hydrogens is 384 g/mol. The van der Waals surface area contributed by atoms with Gasteiger partial charge in [0, 0.05) is 18.2 Å². The fraction of sp³-hybridized carbons (Fsp3) is 0.278. The standard InChI is InChI=1S/C18H20N4O5S/c1-4-13(15(25)20-12-7-5-11(6-8-12)9(2)23)28-18-21-16(26)14(17(27)22-18)19-10(3)24/h5-8,13H,4H2,1-3H3,(H,19,24)(H,20,25)(H2,21,22,26,27)/t13-/m1/s1. The van der Waals surface area contributed by atoms with Gasteiger partial charge in [-0.25, -0.2) is 0 Å². The first-order valence-electron chi connectivity index (χ1n) is 8.40. The van der Waals surface area contributed by atoms with Crippen molar-refractivity contribution in [2.45, 2.75) is 37.6 Å². The lowest BCUT2D eigenvalue weighted by molar-refractivity contribution is -0.116. The number of benzene rings is 1. The Bertz CT molecular complexity index is 955. The third kappa shape index (κ3) is 5.43. The SMILES string of the molecule is CC[C@@H](Sc1nc(O)c(NC(C)=O)c(=O)[nH]1)C(=O)Nc1ccc(C(C)=O)cc1. The summed E-state index contributed by atoms with van der Waals surface area (Å²) < 4.78 is 0. The van der Waals surface area contributed by atoms with Gasteiger partial charge in [0.2, 0.25) is 17.7 Å². The summed E-state index contributed by atoms with van der Waals surface area (Å²) in [6.45, 7) is 4.44. The van der Waals surface area contributed by atoms with E-state index in [1.54, 1.807) is 31.2 Å². The van der Waals surface area contributed by atoms with Crippen molar-refractivity contribution in [1.82, 2.24) is 9.97 Å². The van der Waals surface area contributed by atoms with Gasteiger partial charge in [0.05, 0.1) is 5.25 Å². The number of nitrogens with one attached hydrogen (secondary N) is 3. The van der Waals surface area contributed by atoms with E-state index in [9.17, 15) is 24.3 Å². The van der Waals surface area contributed by atoms with Gasteiger partial charge in [0.1, 0.15) is 0 Å². The Kier molecular flexibility index (Phi) is 6.94. The molecule has 0 aliphatic rings. The van der Waals surface area contributed by atoms with Crippen molar-refractivity contribution in [3.63, 3.8) is 0 Å². The van der Waals surface area contributed by atoms with Crippen molar-refractivity contribution in [2.24, 2.45) is 0 Å². The second-order valence-electron chi connectivity index (χ2n) is 5.89. The lowest BCUT2D eigenvalue weighted by Crippen LogP contribution is -2.25. The number of carbonyl (C=O) groups is 3. The van der Waals surface area contributed by atoms with Gasteiger partial charge in [-0.3, -0.25) is 24.2 Å². The molecule has 9 nitrogen and oxygen atoms in total. The molecule has 0 fully saturated rings. The molecule has 1 aromatic heterocycles. The highest BCUT2D eigenvalue weighted by Crippen LogP contribution is 2.26. The molecule has 0 saturated carbocycles. The molecule has 0 bridgehead atoms. The molecule has 0 aliphatic heterocycles. The third-order valence-electron chi connectivity index (χ3n) is 3.66. The second-order valence-corrected chi connectivity index (χ2v) is 7.08. The van der Waals surface area contributed by atoms with Gasteiger partial charge >= 0.3 is 0 Å². The van der Waals surface area contributed by atoms with Crippen LogP contribution >= 0.6 is 11.8 Å². The number of carbonyl (C=O) groups excluding carboxylic acids is 3. The number of thioether (sulfide) groups is 1. The van der Waals surface area contributed by atoms with Gasteiger partial charge < -0.3 is 15.7 Å². The molecule has 0 saturated heterocycles. The molecule has 148 valence electrons. The van der Waals surface area contributed by atoms with Gasteiger partial charge in [-0.05, 0) is 37.6 Å². The summed E-state index contributed by atoms with van der Waals surface area (Å²) in [5, 5.41) is 14.2. The third-order valence-corrected chi connectivity index (χ3v) is 4.90. The van der Waals surface area contributed by atoms with E-state index in [0.717, 1.165) is 11.8 Å². The summed E-state index contributed by atoms with van der Waals surface area (Å²) in [4.78, 5) is 53.1. The smallest absolute Gasteiger partial charge is 0.279 e. The number of aromatic nitrogens is 2. The van der Waals surface area contributed by atoms with Crippen molar-refractivity contribution < 1.29 is 19.5 Å². The summed E-state index contributed by atoms with van der Waals surface area (Å²) in [5.41, 5.74) is -0.00419. The lowest BCUT2D eigenvalue weighted by atomic mass is 10.1. The van der Waals surface area contributed by atoms with Crippen LogP contribution < -0.4 is 16.2 Å². The largest absolute Gasteiger partial charge is 0.492 e. The Balaban J connectivity index is 2.12. The number of hydrogen-bond acceptors (Lipinski definition) is 7. The van der Waals surface area contributed by atoms with Crippen molar-refractivity contribution >= 4 is 40.7 Å². The summed E-state index contributed by atoms with van der Waals surface area (Å²) in [5.74, 6) is -1.55. The first-order chi connectivity index (χ1) is 13.2. The van der Waals surface area contributed by atoms with Gasteiger partial charge in [-0.2, -0.15) is 4.98 Å². The monoisotopic (exact) mass is 404 g/mol. The van der Waals surface area contributed by atoms with Crippen LogP contribution in [0.5, 0.6) is 5.88 Å². The highest BCUT2D eigenvalue weighted by Gasteiger charge is 2.21. The number of anilines is 2. The van der Waals surface area contributed by atoms with Crippen molar-refractivity contribution in [1.29, 1.82) is 0 Å². The van der Waals surface area contributed by atoms with E-state index in [1.165, 1.54) is 13.8 Å². The number of hydrogen-bond donors (Lipinski definition) is 4. The molecule has 10 heteroatoms. The van der Waals surface area contributed by atoms with Crippen molar-refractivity contribution in [2.75, 3.05) is 10.6 Å². The molecule has 0 unspecified atom stereocenters. The molecule has 4 N–H and O–H groups in total. The number of nitrogens with zero attached hydrogens (tertiary/aromatic N) is 1. The van der Waals surface area contributed by atoms with Crippen LogP contribution in [-0.4, -0.2) is 37.9 Å². The van der Waals surface area contributed by atoms with Crippen LogP contribution in [0.2, 0.25) is 0 Å². The first-order valence-corrected chi connectivity index (χ1v) is 9.28. The topological polar surface area (TPSA) is 141 Å². The number of rotatable bonds is 7. The van der Waals surface area contributed by atoms with E-state index >= 15 is 0 Å². The first kappa shape index (κ1) is 21.2. The number of aromatic amines is 1. The van der Waals surface area contributed by atoms with E-state index in [2.05, 4.69) is 20.6 Å². The summed E-state index contributed by atoms with van der Waals surface area (Å²) >= 11 is 0.975. The van der Waals surface area contributed by atoms with E-state index in [-0.39, 0.29) is 22.5 Å². The predicted molar refractivity (Wildman–Crippen MR) is 106 cm³/mol. The molecule has 1 heterocycles. The maximum Gasteiger partial charge on any atom is 0.279 e. The Hall–Kier alpha value is -3.14. The number of Topliss-reactive ketones (excluding diaryl/α,β-unsaturated/α-hetero) is 1. The molecule has 2 rings (SSSR count).